The van der Waals surface area contributed by atoms with Gasteiger partial charge in [-0.3, -0.25) is 0 Å². The molecule has 0 aromatic heterocycles. The lowest BCUT2D eigenvalue weighted by Gasteiger charge is -2.11. The van der Waals surface area contributed by atoms with Crippen LogP contribution in [0, 0.1) is 0 Å². The Bertz CT molecular complexity index is 505. The van der Waals surface area contributed by atoms with Crippen LogP contribution in [-0.4, -0.2) is 38.9 Å². The van der Waals surface area contributed by atoms with Crippen molar-refractivity contribution in [3.63, 3.8) is 0 Å². The molecule has 6 heteroatoms. The molecule has 1 unspecified atom stereocenters. The van der Waals surface area contributed by atoms with E-state index in [0.29, 0.717) is 37.7 Å². The summed E-state index contributed by atoms with van der Waals surface area (Å²) in [5.41, 5.74) is 8.39. The van der Waals surface area contributed by atoms with Crippen molar-refractivity contribution >= 4 is 17.3 Å². The van der Waals surface area contributed by atoms with E-state index in [1.165, 1.54) is 0 Å². The van der Waals surface area contributed by atoms with E-state index in [4.69, 9.17) is 19.9 Å². The third-order valence-corrected chi connectivity index (χ3v) is 3.30. The van der Waals surface area contributed by atoms with Gasteiger partial charge in [-0.1, -0.05) is 0 Å². The maximum atomic E-state index is 11.8. The maximum absolute atomic E-state index is 11.8. The Morgan fingerprint density at radius 2 is 2.24 bits per heavy atom. The van der Waals surface area contributed by atoms with Crippen LogP contribution < -0.4 is 15.8 Å². The molecule has 6 nitrogen and oxygen atoms in total. The normalized spacial score (nSPS) is 16.2. The molecule has 1 heterocycles. The fourth-order valence-electron chi connectivity index (χ4n) is 2.34. The van der Waals surface area contributed by atoms with Crippen molar-refractivity contribution in [3.8, 4) is 5.75 Å². The third-order valence-electron chi connectivity index (χ3n) is 3.30. The van der Waals surface area contributed by atoms with Crippen molar-refractivity contribution in [2.45, 2.75) is 25.8 Å². The number of carbonyl (C=O) groups excluding carboxylic acids is 1. The molecule has 0 radical (unpaired) electrons. The number of nitrogen functional groups attached to an aromatic ring is 1. The van der Waals surface area contributed by atoms with Crippen molar-refractivity contribution in [3.05, 3.63) is 17.7 Å². The molecule has 0 saturated carbocycles. The smallest absolute Gasteiger partial charge is 0.328 e. The number of fused-ring (bicyclic) bond motifs is 1. The lowest BCUT2D eigenvalue weighted by molar-refractivity contribution is -0.143. The molecule has 0 bridgehead atoms. The Hall–Kier alpha value is -1.95. The highest BCUT2D eigenvalue weighted by Crippen LogP contribution is 2.35. The minimum atomic E-state index is -0.369. The Morgan fingerprint density at radius 1 is 1.43 bits per heavy atom. The molecular formula is C15H22N2O4. The fourth-order valence-corrected chi connectivity index (χ4v) is 2.34. The van der Waals surface area contributed by atoms with Crippen LogP contribution in [0.25, 0.3) is 0 Å². The van der Waals surface area contributed by atoms with Gasteiger partial charge in [-0.25, -0.2) is 4.79 Å². The molecule has 21 heavy (non-hydrogen) atoms. The largest absolute Gasteiger partial charge is 0.493 e. The second-order valence-electron chi connectivity index (χ2n) is 4.89. The predicted molar refractivity (Wildman–Crippen MR) is 80.6 cm³/mol. The Labute approximate surface area is 124 Å². The second-order valence-corrected chi connectivity index (χ2v) is 4.89. The van der Waals surface area contributed by atoms with E-state index in [2.05, 4.69) is 5.32 Å². The molecule has 0 amide bonds. The van der Waals surface area contributed by atoms with E-state index in [1.54, 1.807) is 20.1 Å². The number of methoxy groups -OCH3 is 1. The van der Waals surface area contributed by atoms with Crippen LogP contribution in [0.2, 0.25) is 0 Å². The Kier molecular flexibility index (Phi) is 5.27. The molecular weight excluding hydrogens is 272 g/mol. The molecule has 1 atom stereocenters. The summed E-state index contributed by atoms with van der Waals surface area (Å²) in [5, 5.41) is 3.12. The molecule has 2 rings (SSSR count). The average molecular weight is 294 g/mol. The van der Waals surface area contributed by atoms with Gasteiger partial charge in [0, 0.05) is 32.6 Å². The van der Waals surface area contributed by atoms with E-state index in [1.807, 2.05) is 6.07 Å². The lowest BCUT2D eigenvalue weighted by Crippen LogP contribution is -2.29. The zero-order valence-electron chi connectivity index (χ0n) is 12.5. The summed E-state index contributed by atoms with van der Waals surface area (Å²) in [6, 6.07) is 3.32. The van der Waals surface area contributed by atoms with Gasteiger partial charge in [0.25, 0.3) is 0 Å². The lowest BCUT2D eigenvalue weighted by atomic mass is 10.1. The number of benzene rings is 1. The highest BCUT2D eigenvalue weighted by atomic mass is 16.5. The van der Waals surface area contributed by atoms with Gasteiger partial charge in [-0.15, -0.1) is 0 Å². The van der Waals surface area contributed by atoms with Crippen molar-refractivity contribution in [2.75, 3.05) is 38.0 Å². The summed E-state index contributed by atoms with van der Waals surface area (Å²) in [6.45, 7) is 3.39. The number of nitrogens with one attached hydrogen (secondary N) is 1. The van der Waals surface area contributed by atoms with E-state index in [9.17, 15) is 4.79 Å². The van der Waals surface area contributed by atoms with Crippen molar-refractivity contribution in [2.24, 2.45) is 0 Å². The third kappa shape index (κ3) is 3.78. The summed E-state index contributed by atoms with van der Waals surface area (Å²) in [7, 11) is 1.66. The molecule has 116 valence electrons. The topological polar surface area (TPSA) is 82.8 Å². The summed E-state index contributed by atoms with van der Waals surface area (Å²) in [5.74, 6) is 0.462. The molecule has 0 spiro atoms. The first-order chi connectivity index (χ1) is 10.2. The molecule has 1 aromatic rings. The molecule has 0 fully saturated rings. The average Bonchev–Trinajstić information content (AvgIpc) is 2.89. The highest BCUT2D eigenvalue weighted by molar-refractivity contribution is 5.86. The Balaban J connectivity index is 2.01. The van der Waals surface area contributed by atoms with Gasteiger partial charge >= 0.3 is 5.97 Å². The second kappa shape index (κ2) is 7.17. The molecule has 1 aliphatic heterocycles. The summed E-state index contributed by atoms with van der Waals surface area (Å²) in [4.78, 5) is 11.8. The first kappa shape index (κ1) is 15.4. The zero-order valence-corrected chi connectivity index (χ0v) is 12.5. The first-order valence-electron chi connectivity index (χ1n) is 7.13. The number of rotatable bonds is 7. The zero-order chi connectivity index (χ0) is 15.2. The van der Waals surface area contributed by atoms with Crippen molar-refractivity contribution < 1.29 is 19.0 Å². The van der Waals surface area contributed by atoms with Crippen LogP contribution in [-0.2, 0) is 20.7 Å². The standard InChI is InChI=1S/C15H22N2O4/c1-3-20-15(18)13-8-10-7-11(21-6-4-5-19-2)9-12(16)14(10)17-13/h7,9,13,17H,3-6,8,16H2,1-2H3. The summed E-state index contributed by atoms with van der Waals surface area (Å²) in [6.07, 6.45) is 1.38. The molecule has 1 aromatic carbocycles. The molecule has 0 saturated heterocycles. The van der Waals surface area contributed by atoms with E-state index >= 15 is 0 Å². The number of esters is 1. The molecule has 1 aliphatic rings. The quantitative estimate of drug-likeness (QED) is 0.451. The number of carbonyl (C=O) groups is 1. The minimum Gasteiger partial charge on any atom is -0.493 e. The number of hydrogen-bond donors (Lipinski definition) is 2. The molecule has 0 aliphatic carbocycles. The van der Waals surface area contributed by atoms with Crippen LogP contribution in [0.5, 0.6) is 5.75 Å². The monoisotopic (exact) mass is 294 g/mol. The van der Waals surface area contributed by atoms with Gasteiger partial charge in [-0.05, 0) is 18.6 Å². The van der Waals surface area contributed by atoms with E-state index < -0.39 is 0 Å². The van der Waals surface area contributed by atoms with Crippen molar-refractivity contribution in [1.29, 1.82) is 0 Å². The number of hydrogen-bond acceptors (Lipinski definition) is 6. The fraction of sp³-hybridized carbons (Fsp3) is 0.533. The van der Waals surface area contributed by atoms with Crippen LogP contribution in [0.3, 0.4) is 0 Å². The van der Waals surface area contributed by atoms with Gasteiger partial charge < -0.3 is 25.3 Å². The van der Waals surface area contributed by atoms with E-state index in [-0.39, 0.29) is 12.0 Å². The Morgan fingerprint density at radius 3 is 2.95 bits per heavy atom. The van der Waals surface area contributed by atoms with Gasteiger partial charge in [-0.2, -0.15) is 0 Å². The minimum absolute atomic E-state index is 0.254. The summed E-state index contributed by atoms with van der Waals surface area (Å²) < 4.78 is 15.7. The van der Waals surface area contributed by atoms with Gasteiger partial charge in [0.1, 0.15) is 11.8 Å². The first-order valence-corrected chi connectivity index (χ1v) is 7.13. The highest BCUT2D eigenvalue weighted by Gasteiger charge is 2.29. The number of anilines is 2. The van der Waals surface area contributed by atoms with Gasteiger partial charge in [0.2, 0.25) is 0 Å². The van der Waals surface area contributed by atoms with Crippen LogP contribution >= 0.6 is 0 Å². The van der Waals surface area contributed by atoms with Gasteiger partial charge in [0.05, 0.1) is 24.6 Å². The van der Waals surface area contributed by atoms with Crippen LogP contribution in [0.1, 0.15) is 18.9 Å². The SMILES string of the molecule is CCOC(=O)C1Cc2cc(OCCCOC)cc(N)c2N1. The predicted octanol–water partition coefficient (Wildman–Crippen LogP) is 1.58. The van der Waals surface area contributed by atoms with E-state index in [0.717, 1.165) is 17.7 Å². The van der Waals surface area contributed by atoms with Gasteiger partial charge in [0.15, 0.2) is 0 Å². The van der Waals surface area contributed by atoms with Crippen LogP contribution in [0.15, 0.2) is 12.1 Å². The van der Waals surface area contributed by atoms with Crippen molar-refractivity contribution in [1.82, 2.24) is 0 Å². The number of ether oxygens (including phenoxy) is 3. The van der Waals surface area contributed by atoms with Crippen LogP contribution in [0.4, 0.5) is 11.4 Å². The summed E-state index contributed by atoms with van der Waals surface area (Å²) >= 11 is 0. The maximum Gasteiger partial charge on any atom is 0.328 e. The molecule has 3 N–H and O–H groups in total. The number of nitrogens with two attached hydrogens (primary N) is 1.